The van der Waals surface area contributed by atoms with E-state index in [1.54, 1.807) is 36.4 Å². The summed E-state index contributed by atoms with van der Waals surface area (Å²) in [6.45, 7) is 3.31. The average Bonchev–Trinajstić information content (AvgIpc) is 3.82. The fourth-order valence-corrected chi connectivity index (χ4v) is 7.85. The molecule has 50 heavy (non-hydrogen) atoms. The maximum Gasteiger partial charge on any atom is 0.253 e. The molecule has 1 aromatic heterocycles. The smallest absolute Gasteiger partial charge is 0.253 e. The molecule has 2 N–H and O–H groups in total. The van der Waals surface area contributed by atoms with Gasteiger partial charge in [0.1, 0.15) is 11.9 Å². The van der Waals surface area contributed by atoms with Crippen LogP contribution in [-0.2, 0) is 21.4 Å². The molecule has 4 heterocycles. The molecule has 3 aliphatic rings. The number of fused-ring (bicyclic) bond motifs is 1. The number of rotatable bonds is 9. The highest BCUT2D eigenvalue weighted by molar-refractivity contribution is 7.89. The first kappa shape index (κ1) is 33.4. The van der Waals surface area contributed by atoms with E-state index in [1.165, 1.54) is 16.4 Å². The van der Waals surface area contributed by atoms with Crippen LogP contribution in [0.2, 0.25) is 0 Å². The van der Waals surface area contributed by atoms with Crippen molar-refractivity contribution in [2.75, 3.05) is 51.9 Å². The lowest BCUT2D eigenvalue weighted by atomic mass is 10.1. The van der Waals surface area contributed by atoms with Crippen molar-refractivity contribution >= 4 is 33.5 Å². The summed E-state index contributed by atoms with van der Waals surface area (Å²) in [5.41, 5.74) is 2.99. The molecule has 0 aliphatic carbocycles. The molecule has 3 aliphatic heterocycles. The highest BCUT2D eigenvalue weighted by Crippen LogP contribution is 2.36. The number of hydrogen-bond donors (Lipinski definition) is 2. The Morgan fingerprint density at radius 3 is 2.40 bits per heavy atom. The number of ether oxygens (including phenoxy) is 2. The summed E-state index contributed by atoms with van der Waals surface area (Å²) in [6, 6.07) is 17.9. The van der Waals surface area contributed by atoms with Gasteiger partial charge in [-0.3, -0.25) is 9.59 Å². The number of amides is 2. The summed E-state index contributed by atoms with van der Waals surface area (Å²) in [6.07, 6.45) is 0.854. The van der Waals surface area contributed by atoms with Gasteiger partial charge in [0.25, 0.3) is 5.91 Å². The molecule has 3 aromatic carbocycles. The molecular formula is C35H36FN7O6S. The quantitative estimate of drug-likeness (QED) is 0.266. The van der Waals surface area contributed by atoms with Gasteiger partial charge < -0.3 is 29.9 Å². The molecule has 0 unspecified atom stereocenters. The summed E-state index contributed by atoms with van der Waals surface area (Å²) in [5, 5.41) is 6.07. The molecule has 15 heteroatoms. The minimum Gasteiger partial charge on any atom is -0.454 e. The van der Waals surface area contributed by atoms with Crippen LogP contribution >= 0.6 is 0 Å². The number of anilines is 2. The number of aromatic nitrogens is 2. The van der Waals surface area contributed by atoms with Gasteiger partial charge in [-0.05, 0) is 92.7 Å². The maximum atomic E-state index is 13.5. The molecule has 2 fully saturated rings. The lowest BCUT2D eigenvalue weighted by molar-refractivity contribution is -0.124. The number of carbonyl (C=O) groups is 2. The highest BCUT2D eigenvalue weighted by atomic mass is 32.2. The first-order valence-corrected chi connectivity index (χ1v) is 17.8. The Balaban J connectivity index is 1.10. The van der Waals surface area contributed by atoms with Crippen molar-refractivity contribution in [2.24, 2.45) is 0 Å². The van der Waals surface area contributed by atoms with E-state index < -0.39 is 27.8 Å². The van der Waals surface area contributed by atoms with E-state index in [9.17, 15) is 22.4 Å². The molecule has 0 radical (unpaired) electrons. The van der Waals surface area contributed by atoms with Crippen LogP contribution in [0.4, 0.5) is 16.0 Å². The van der Waals surface area contributed by atoms with Crippen LogP contribution in [0, 0.1) is 5.82 Å². The third-order valence-electron chi connectivity index (χ3n) is 9.00. The van der Waals surface area contributed by atoms with Gasteiger partial charge in [-0.2, -0.15) is 4.31 Å². The fourth-order valence-electron chi connectivity index (χ4n) is 6.19. The van der Waals surface area contributed by atoms with Crippen molar-refractivity contribution in [2.45, 2.75) is 30.3 Å². The number of piperazine rings is 1. The zero-order valence-electron chi connectivity index (χ0n) is 27.3. The number of nitrogens with one attached hydrogen (secondary N) is 2. The second-order valence-electron chi connectivity index (χ2n) is 12.4. The molecule has 2 amide bonds. The van der Waals surface area contributed by atoms with Crippen molar-refractivity contribution in [3.8, 4) is 22.8 Å². The molecule has 0 spiro atoms. The number of carbonyl (C=O) groups excluding carboxylic acids is 2. The van der Waals surface area contributed by atoms with Crippen LogP contribution in [0.1, 0.15) is 28.9 Å². The van der Waals surface area contributed by atoms with Gasteiger partial charge in [-0.25, -0.2) is 22.8 Å². The standard InChI is InChI=1S/C35H36FN7O6S/c1-41-15-17-42(18-16-41)34(45)23-4-9-26(10-5-23)38-35-39-27(20-29(40-35)24-6-13-31-32(19-24)49-22-48-31)21-37-33(44)30-3-2-14-43(30)50(46,47)28-11-7-25(36)8-12-28/h4-13,19-20,30H,2-3,14-18,21-22H2,1H3,(H,37,44)(H,38,39,40)/t30-/m0/s1. The molecule has 0 bridgehead atoms. The van der Waals surface area contributed by atoms with Crippen LogP contribution < -0.4 is 20.1 Å². The Morgan fingerprint density at radius 2 is 1.64 bits per heavy atom. The van der Waals surface area contributed by atoms with E-state index in [0.717, 1.165) is 30.8 Å². The number of benzene rings is 3. The van der Waals surface area contributed by atoms with E-state index in [1.807, 2.05) is 24.1 Å². The van der Waals surface area contributed by atoms with E-state index >= 15 is 0 Å². The lowest BCUT2D eigenvalue weighted by Gasteiger charge is -2.32. The van der Waals surface area contributed by atoms with Gasteiger partial charge in [-0.15, -0.1) is 0 Å². The zero-order chi connectivity index (χ0) is 34.8. The Morgan fingerprint density at radius 1 is 0.900 bits per heavy atom. The minimum atomic E-state index is -4.02. The number of hydrogen-bond acceptors (Lipinski definition) is 10. The summed E-state index contributed by atoms with van der Waals surface area (Å²) < 4.78 is 52.3. The summed E-state index contributed by atoms with van der Waals surface area (Å²) in [5.74, 6) is 0.420. The SMILES string of the molecule is CN1CCN(C(=O)c2ccc(Nc3nc(CNC(=O)[C@@H]4CCCN4S(=O)(=O)c4ccc(F)cc4)cc(-c4ccc5c(c4)OCO5)n3)cc2)CC1. The van der Waals surface area contributed by atoms with Gasteiger partial charge in [-0.1, -0.05) is 0 Å². The Hall–Kier alpha value is -5.12. The van der Waals surface area contributed by atoms with Crippen molar-refractivity contribution in [1.29, 1.82) is 0 Å². The summed E-state index contributed by atoms with van der Waals surface area (Å²) in [4.78, 5) is 39.8. The van der Waals surface area contributed by atoms with Crippen LogP contribution in [0.5, 0.6) is 11.5 Å². The van der Waals surface area contributed by atoms with Crippen LogP contribution in [0.25, 0.3) is 11.3 Å². The first-order valence-electron chi connectivity index (χ1n) is 16.3. The third kappa shape index (κ3) is 7.11. The third-order valence-corrected chi connectivity index (χ3v) is 10.9. The molecule has 4 aromatic rings. The van der Waals surface area contributed by atoms with E-state index in [4.69, 9.17) is 14.5 Å². The Labute approximate surface area is 289 Å². The predicted octanol–water partition coefficient (Wildman–Crippen LogP) is 3.61. The monoisotopic (exact) mass is 701 g/mol. The van der Waals surface area contributed by atoms with Crippen molar-refractivity contribution < 1.29 is 31.9 Å². The van der Waals surface area contributed by atoms with Gasteiger partial charge in [0, 0.05) is 49.5 Å². The average molecular weight is 702 g/mol. The topological polar surface area (TPSA) is 146 Å². The second-order valence-corrected chi connectivity index (χ2v) is 14.3. The predicted molar refractivity (Wildman–Crippen MR) is 182 cm³/mol. The molecule has 260 valence electrons. The summed E-state index contributed by atoms with van der Waals surface area (Å²) >= 11 is 0. The molecule has 0 saturated carbocycles. The number of nitrogens with zero attached hydrogens (tertiary/aromatic N) is 5. The fraction of sp³-hybridized carbons (Fsp3) is 0.314. The first-order chi connectivity index (χ1) is 24.1. The van der Waals surface area contributed by atoms with Crippen LogP contribution in [0.3, 0.4) is 0 Å². The molecular weight excluding hydrogens is 665 g/mol. The van der Waals surface area contributed by atoms with Gasteiger partial charge in [0.2, 0.25) is 28.7 Å². The molecule has 7 rings (SSSR count). The largest absolute Gasteiger partial charge is 0.454 e. The normalized spacial score (nSPS) is 17.9. The lowest BCUT2D eigenvalue weighted by Crippen LogP contribution is -2.47. The number of halogens is 1. The van der Waals surface area contributed by atoms with Crippen LogP contribution in [0.15, 0.2) is 77.7 Å². The van der Waals surface area contributed by atoms with E-state index in [-0.39, 0.29) is 36.6 Å². The van der Waals surface area contributed by atoms with Gasteiger partial charge >= 0.3 is 0 Å². The van der Waals surface area contributed by atoms with E-state index in [0.29, 0.717) is 60.1 Å². The van der Waals surface area contributed by atoms with Gasteiger partial charge in [0.15, 0.2) is 11.5 Å². The van der Waals surface area contributed by atoms with Crippen molar-refractivity contribution in [3.63, 3.8) is 0 Å². The molecule has 13 nitrogen and oxygen atoms in total. The number of sulfonamides is 1. The number of likely N-dealkylation sites (N-methyl/N-ethyl adjacent to an activating group) is 1. The second kappa shape index (κ2) is 14.0. The van der Waals surface area contributed by atoms with E-state index in [2.05, 4.69) is 20.5 Å². The Kier molecular flexibility index (Phi) is 9.35. The minimum absolute atomic E-state index is 0.00696. The van der Waals surface area contributed by atoms with Gasteiger partial charge in [0.05, 0.1) is 22.8 Å². The van der Waals surface area contributed by atoms with Crippen molar-refractivity contribution in [1.82, 2.24) is 29.4 Å². The highest BCUT2D eigenvalue weighted by Gasteiger charge is 2.39. The van der Waals surface area contributed by atoms with Crippen molar-refractivity contribution in [3.05, 3.63) is 89.9 Å². The maximum absolute atomic E-state index is 13.5. The molecule has 2 saturated heterocycles. The summed E-state index contributed by atoms with van der Waals surface area (Å²) in [7, 11) is -1.98. The molecule has 1 atom stereocenters. The van der Waals surface area contributed by atoms with Crippen LogP contribution in [-0.4, -0.2) is 96.9 Å². The Bertz CT molecular complexity index is 2010. The zero-order valence-corrected chi connectivity index (χ0v) is 28.2.